The van der Waals surface area contributed by atoms with Crippen LogP contribution in [0, 0.1) is 0 Å². The summed E-state index contributed by atoms with van der Waals surface area (Å²) in [6.45, 7) is 4.78. The van der Waals surface area contributed by atoms with Crippen LogP contribution in [-0.2, 0) is 30.2 Å². The van der Waals surface area contributed by atoms with Gasteiger partial charge in [0.1, 0.15) is 18.2 Å². The molecule has 0 radical (unpaired) electrons. The number of benzene rings is 1. The van der Waals surface area contributed by atoms with E-state index in [4.69, 9.17) is 9.47 Å². The van der Waals surface area contributed by atoms with Crippen molar-refractivity contribution in [3.8, 4) is 0 Å². The van der Waals surface area contributed by atoms with E-state index < -0.39 is 35.6 Å². The average molecular weight is 408 g/mol. The number of hydrogen-bond acceptors (Lipinski definition) is 7. The quantitative estimate of drug-likeness (QED) is 0.495. The van der Waals surface area contributed by atoms with E-state index in [1.807, 2.05) is 0 Å². The molecule has 0 saturated heterocycles. The van der Waals surface area contributed by atoms with E-state index in [2.05, 4.69) is 15.4 Å². The van der Waals surface area contributed by atoms with Crippen LogP contribution in [0.1, 0.15) is 43.1 Å². The molecule has 0 fully saturated rings. The van der Waals surface area contributed by atoms with Gasteiger partial charge in [-0.15, -0.1) is 0 Å². The molecule has 0 aromatic heterocycles. The highest BCUT2D eigenvalue weighted by Crippen LogP contribution is 2.10. The third-order valence-corrected chi connectivity index (χ3v) is 3.71. The van der Waals surface area contributed by atoms with Gasteiger partial charge in [-0.05, 0) is 51.3 Å². The summed E-state index contributed by atoms with van der Waals surface area (Å²) in [6, 6.07) is 5.85. The molecule has 0 heterocycles. The van der Waals surface area contributed by atoms with E-state index in [1.54, 1.807) is 45.0 Å². The summed E-state index contributed by atoms with van der Waals surface area (Å²) in [7, 11) is 2.53. The van der Waals surface area contributed by atoms with Crippen molar-refractivity contribution in [2.75, 3.05) is 20.8 Å². The molecule has 0 aliphatic rings. The van der Waals surface area contributed by atoms with Gasteiger partial charge < -0.3 is 24.8 Å². The lowest BCUT2D eigenvalue weighted by atomic mass is 10.0. The van der Waals surface area contributed by atoms with Crippen molar-refractivity contribution >= 4 is 23.9 Å². The maximum absolute atomic E-state index is 12.1. The first-order chi connectivity index (χ1) is 13.6. The van der Waals surface area contributed by atoms with E-state index >= 15 is 0 Å². The number of alkyl carbamates (subject to hydrolysis) is 1. The number of esters is 2. The Balaban J connectivity index is 2.59. The molecule has 0 unspecified atom stereocenters. The van der Waals surface area contributed by atoms with E-state index in [0.29, 0.717) is 12.0 Å². The van der Waals surface area contributed by atoms with Gasteiger partial charge in [-0.2, -0.15) is 0 Å². The highest BCUT2D eigenvalue weighted by atomic mass is 16.6. The molecule has 9 heteroatoms. The van der Waals surface area contributed by atoms with Crippen LogP contribution in [0.3, 0.4) is 0 Å². The largest absolute Gasteiger partial charge is 0.467 e. The van der Waals surface area contributed by atoms with Crippen molar-refractivity contribution in [1.82, 2.24) is 10.6 Å². The van der Waals surface area contributed by atoms with Crippen molar-refractivity contribution in [3.05, 3.63) is 35.4 Å². The smallest absolute Gasteiger partial charge is 0.408 e. The van der Waals surface area contributed by atoms with Gasteiger partial charge in [-0.3, -0.25) is 4.79 Å². The molecule has 0 saturated carbocycles. The summed E-state index contributed by atoms with van der Waals surface area (Å²) in [5.74, 6) is -1.58. The Bertz CT molecular complexity index is 723. The Hall–Kier alpha value is -3.10. The second-order valence-corrected chi connectivity index (χ2v) is 7.23. The highest BCUT2D eigenvalue weighted by Gasteiger charge is 2.22. The van der Waals surface area contributed by atoms with Crippen molar-refractivity contribution in [3.63, 3.8) is 0 Å². The van der Waals surface area contributed by atoms with Gasteiger partial charge in [-0.25, -0.2) is 14.4 Å². The lowest BCUT2D eigenvalue weighted by Crippen LogP contribution is -2.46. The van der Waals surface area contributed by atoms with Gasteiger partial charge in [0, 0.05) is 0 Å². The molecule has 9 nitrogen and oxygen atoms in total. The lowest BCUT2D eigenvalue weighted by molar-refractivity contribution is -0.145. The fourth-order valence-electron chi connectivity index (χ4n) is 2.34. The topological polar surface area (TPSA) is 120 Å². The molecule has 0 aliphatic heterocycles. The third kappa shape index (κ3) is 9.09. The van der Waals surface area contributed by atoms with Gasteiger partial charge in [-0.1, -0.05) is 12.1 Å². The first-order valence-electron chi connectivity index (χ1n) is 9.07. The number of aryl methyl sites for hydroxylation is 1. The molecule has 1 aromatic carbocycles. The van der Waals surface area contributed by atoms with Crippen LogP contribution in [0.15, 0.2) is 24.3 Å². The number of ether oxygens (including phenoxy) is 3. The second-order valence-electron chi connectivity index (χ2n) is 7.23. The molecule has 0 bridgehead atoms. The summed E-state index contributed by atoms with van der Waals surface area (Å²) in [5, 5.41) is 4.87. The van der Waals surface area contributed by atoms with Crippen LogP contribution in [0.5, 0.6) is 0 Å². The number of hydrogen-bond donors (Lipinski definition) is 2. The zero-order chi connectivity index (χ0) is 22.0. The molecule has 160 valence electrons. The Morgan fingerprint density at radius 1 is 1.00 bits per heavy atom. The SMILES string of the molecule is COC(=O)c1ccc(CC[C@H](NC(=O)CNC(=O)OC(C)(C)C)C(=O)OC)cc1. The zero-order valence-corrected chi connectivity index (χ0v) is 17.4. The number of amides is 2. The molecule has 0 aliphatic carbocycles. The number of carbonyl (C=O) groups excluding carboxylic acids is 4. The van der Waals surface area contributed by atoms with E-state index in [0.717, 1.165) is 5.56 Å². The number of nitrogens with one attached hydrogen (secondary N) is 2. The van der Waals surface area contributed by atoms with Crippen molar-refractivity contribution in [2.24, 2.45) is 0 Å². The minimum atomic E-state index is -0.881. The average Bonchev–Trinajstić information content (AvgIpc) is 2.67. The Morgan fingerprint density at radius 2 is 1.62 bits per heavy atom. The van der Waals surface area contributed by atoms with E-state index in [-0.39, 0.29) is 13.0 Å². The fourth-order valence-corrected chi connectivity index (χ4v) is 2.34. The minimum absolute atomic E-state index is 0.280. The molecule has 2 amide bonds. The van der Waals surface area contributed by atoms with Crippen LogP contribution in [0.4, 0.5) is 4.79 Å². The van der Waals surface area contributed by atoms with Crippen molar-refractivity contribution < 1.29 is 33.4 Å². The van der Waals surface area contributed by atoms with E-state index in [9.17, 15) is 19.2 Å². The summed E-state index contributed by atoms with van der Waals surface area (Å²) in [4.78, 5) is 47.1. The first kappa shape index (κ1) is 23.9. The van der Waals surface area contributed by atoms with Crippen LogP contribution >= 0.6 is 0 Å². The van der Waals surface area contributed by atoms with Crippen LogP contribution < -0.4 is 10.6 Å². The minimum Gasteiger partial charge on any atom is -0.467 e. The maximum Gasteiger partial charge on any atom is 0.408 e. The summed E-state index contributed by atoms with van der Waals surface area (Å²) >= 11 is 0. The van der Waals surface area contributed by atoms with Gasteiger partial charge >= 0.3 is 18.0 Å². The van der Waals surface area contributed by atoms with Gasteiger partial charge in [0.25, 0.3) is 0 Å². The fraction of sp³-hybridized carbons (Fsp3) is 0.500. The maximum atomic E-state index is 12.1. The molecule has 29 heavy (non-hydrogen) atoms. The Kier molecular flexibility index (Phi) is 9.11. The Morgan fingerprint density at radius 3 is 2.14 bits per heavy atom. The predicted octanol–water partition coefficient (Wildman–Crippen LogP) is 1.59. The van der Waals surface area contributed by atoms with Gasteiger partial charge in [0.2, 0.25) is 5.91 Å². The molecular weight excluding hydrogens is 380 g/mol. The predicted molar refractivity (Wildman–Crippen MR) is 104 cm³/mol. The van der Waals surface area contributed by atoms with Crippen molar-refractivity contribution in [1.29, 1.82) is 0 Å². The molecule has 1 rings (SSSR count). The van der Waals surface area contributed by atoms with Crippen LogP contribution in [-0.4, -0.2) is 56.3 Å². The second kappa shape index (κ2) is 11.0. The molecule has 1 aromatic rings. The van der Waals surface area contributed by atoms with Crippen LogP contribution in [0.25, 0.3) is 0 Å². The molecule has 0 spiro atoms. The summed E-state index contributed by atoms with van der Waals surface area (Å²) in [5.41, 5.74) is 0.605. The Labute approximate surface area is 170 Å². The monoisotopic (exact) mass is 408 g/mol. The lowest BCUT2D eigenvalue weighted by Gasteiger charge is -2.20. The normalized spacial score (nSPS) is 11.8. The number of methoxy groups -OCH3 is 2. The molecule has 2 N–H and O–H groups in total. The van der Waals surface area contributed by atoms with Crippen LogP contribution in [0.2, 0.25) is 0 Å². The molecule has 1 atom stereocenters. The number of carbonyl (C=O) groups is 4. The summed E-state index contributed by atoms with van der Waals surface area (Å²) < 4.78 is 14.4. The third-order valence-electron chi connectivity index (χ3n) is 3.71. The van der Waals surface area contributed by atoms with Crippen molar-refractivity contribution in [2.45, 2.75) is 45.3 Å². The zero-order valence-electron chi connectivity index (χ0n) is 17.4. The van der Waals surface area contributed by atoms with E-state index in [1.165, 1.54) is 14.2 Å². The standard InChI is InChI=1S/C20H28N2O7/c1-20(2,3)29-19(26)21-12-16(23)22-15(18(25)28-5)11-8-13-6-9-14(10-7-13)17(24)27-4/h6-7,9-10,15H,8,11-12H2,1-5H3,(H,21,26)(H,22,23)/t15-/m0/s1. The molecular formula is C20H28N2O7. The van der Waals surface area contributed by atoms with Gasteiger partial charge in [0.05, 0.1) is 19.8 Å². The summed E-state index contributed by atoms with van der Waals surface area (Å²) in [6.07, 6.45) is 0.0108. The first-order valence-corrected chi connectivity index (χ1v) is 9.07. The highest BCUT2D eigenvalue weighted by molar-refractivity contribution is 5.89. The number of rotatable bonds is 8. The van der Waals surface area contributed by atoms with Gasteiger partial charge in [0.15, 0.2) is 0 Å².